The SMILES string of the molecule is C=CC(=O)NCc1cnc(-c2ccc(F)cc2)cc1-c1ccc(F)cn1. The van der Waals surface area contributed by atoms with Crippen molar-refractivity contribution in [2.75, 3.05) is 0 Å². The number of nitrogens with zero attached hydrogens (tertiary/aromatic N) is 2. The van der Waals surface area contributed by atoms with Crippen LogP contribution in [0.25, 0.3) is 22.5 Å². The van der Waals surface area contributed by atoms with E-state index >= 15 is 0 Å². The first kappa shape index (κ1) is 17.4. The number of pyridine rings is 2. The molecule has 6 heteroatoms. The summed E-state index contributed by atoms with van der Waals surface area (Å²) in [5.74, 6) is -1.09. The fourth-order valence-electron chi connectivity index (χ4n) is 2.43. The lowest BCUT2D eigenvalue weighted by Gasteiger charge is -2.12. The topological polar surface area (TPSA) is 54.9 Å². The van der Waals surface area contributed by atoms with Gasteiger partial charge in [-0.1, -0.05) is 6.58 Å². The molecule has 0 unspecified atom stereocenters. The summed E-state index contributed by atoms with van der Waals surface area (Å²) in [6.07, 6.45) is 3.91. The van der Waals surface area contributed by atoms with Gasteiger partial charge in [0.25, 0.3) is 0 Å². The summed E-state index contributed by atoms with van der Waals surface area (Å²) in [5.41, 5.74) is 3.30. The van der Waals surface area contributed by atoms with Crippen LogP contribution in [0.15, 0.2) is 67.5 Å². The van der Waals surface area contributed by atoms with Gasteiger partial charge in [-0.2, -0.15) is 0 Å². The van der Waals surface area contributed by atoms with Crippen LogP contribution in [0.3, 0.4) is 0 Å². The van der Waals surface area contributed by atoms with Gasteiger partial charge in [-0.05, 0) is 54.1 Å². The third-order valence-electron chi connectivity index (χ3n) is 3.77. The van der Waals surface area contributed by atoms with Crippen LogP contribution in [0, 0.1) is 11.6 Å². The van der Waals surface area contributed by atoms with E-state index < -0.39 is 5.82 Å². The van der Waals surface area contributed by atoms with Crippen LogP contribution in [0.1, 0.15) is 5.56 Å². The summed E-state index contributed by atoms with van der Waals surface area (Å²) in [6, 6.07) is 10.6. The zero-order valence-corrected chi connectivity index (χ0v) is 13.7. The molecule has 1 N–H and O–H groups in total. The molecule has 0 atom stereocenters. The number of carbonyl (C=O) groups is 1. The van der Waals surface area contributed by atoms with Crippen LogP contribution >= 0.6 is 0 Å². The highest BCUT2D eigenvalue weighted by Crippen LogP contribution is 2.27. The molecule has 26 heavy (non-hydrogen) atoms. The molecule has 1 amide bonds. The summed E-state index contributed by atoms with van der Waals surface area (Å²) < 4.78 is 26.4. The molecule has 0 aliphatic heterocycles. The molecule has 1 aromatic carbocycles. The largest absolute Gasteiger partial charge is 0.348 e. The Morgan fingerprint density at radius 3 is 2.35 bits per heavy atom. The van der Waals surface area contributed by atoms with Gasteiger partial charge in [-0.15, -0.1) is 0 Å². The number of nitrogens with one attached hydrogen (secondary N) is 1. The van der Waals surface area contributed by atoms with E-state index in [1.165, 1.54) is 24.3 Å². The Morgan fingerprint density at radius 2 is 1.69 bits per heavy atom. The summed E-state index contributed by atoms with van der Waals surface area (Å²) >= 11 is 0. The molecule has 2 aromatic heterocycles. The van der Waals surface area contributed by atoms with Crippen molar-refractivity contribution in [1.82, 2.24) is 15.3 Å². The maximum atomic E-state index is 13.2. The van der Waals surface area contributed by atoms with Crippen molar-refractivity contribution >= 4 is 5.91 Å². The summed E-state index contributed by atoms with van der Waals surface area (Å²) in [5, 5.41) is 2.69. The molecule has 3 rings (SSSR count). The summed E-state index contributed by atoms with van der Waals surface area (Å²) in [7, 11) is 0. The molecule has 0 aliphatic rings. The van der Waals surface area contributed by atoms with Gasteiger partial charge in [0.1, 0.15) is 11.6 Å². The molecule has 3 aromatic rings. The second-order valence-corrected chi connectivity index (χ2v) is 5.52. The molecule has 4 nitrogen and oxygen atoms in total. The minimum atomic E-state index is -0.442. The van der Waals surface area contributed by atoms with E-state index in [0.29, 0.717) is 22.5 Å². The van der Waals surface area contributed by atoms with E-state index in [4.69, 9.17) is 0 Å². The molecular formula is C20H15F2N3O. The van der Waals surface area contributed by atoms with Crippen LogP contribution in [0.4, 0.5) is 8.78 Å². The van der Waals surface area contributed by atoms with Gasteiger partial charge in [0, 0.05) is 23.9 Å². The lowest BCUT2D eigenvalue weighted by atomic mass is 10.0. The molecule has 0 bridgehead atoms. The number of hydrogen-bond donors (Lipinski definition) is 1. The first-order chi connectivity index (χ1) is 12.6. The van der Waals surface area contributed by atoms with Crippen LogP contribution in [-0.4, -0.2) is 15.9 Å². The van der Waals surface area contributed by atoms with Gasteiger partial charge in [0.2, 0.25) is 5.91 Å². The smallest absolute Gasteiger partial charge is 0.243 e. The Hall–Kier alpha value is -3.41. The zero-order valence-electron chi connectivity index (χ0n) is 13.7. The third kappa shape index (κ3) is 3.97. The minimum absolute atomic E-state index is 0.218. The Bertz CT molecular complexity index is 938. The van der Waals surface area contributed by atoms with Crippen LogP contribution < -0.4 is 5.32 Å². The standard InChI is InChI=1S/C20H15F2N3O/c1-2-20(26)25-11-14-10-23-19(13-3-5-15(21)6-4-13)9-17(14)18-8-7-16(22)12-24-18/h2-10,12H,1,11H2,(H,25,26). The van der Waals surface area contributed by atoms with Crippen molar-refractivity contribution in [2.45, 2.75) is 6.54 Å². The number of halogens is 2. The van der Waals surface area contributed by atoms with E-state index in [9.17, 15) is 13.6 Å². The number of hydrogen-bond acceptors (Lipinski definition) is 3. The predicted octanol–water partition coefficient (Wildman–Crippen LogP) is 3.89. The van der Waals surface area contributed by atoms with Crippen molar-refractivity contribution < 1.29 is 13.6 Å². The second-order valence-electron chi connectivity index (χ2n) is 5.52. The Balaban J connectivity index is 2.03. The highest BCUT2D eigenvalue weighted by atomic mass is 19.1. The van der Waals surface area contributed by atoms with Crippen LogP contribution in [0.5, 0.6) is 0 Å². The summed E-state index contributed by atoms with van der Waals surface area (Å²) in [4.78, 5) is 19.9. The Kier molecular flexibility index (Phi) is 5.12. The molecule has 0 spiro atoms. The van der Waals surface area contributed by atoms with Crippen molar-refractivity contribution in [3.05, 3.63) is 84.7 Å². The fourth-order valence-corrected chi connectivity index (χ4v) is 2.43. The van der Waals surface area contributed by atoms with Crippen molar-refractivity contribution in [2.24, 2.45) is 0 Å². The number of carbonyl (C=O) groups excluding carboxylic acids is 1. The van der Waals surface area contributed by atoms with Gasteiger partial charge in [0.15, 0.2) is 0 Å². The van der Waals surface area contributed by atoms with E-state index in [2.05, 4.69) is 21.9 Å². The third-order valence-corrected chi connectivity index (χ3v) is 3.77. The molecule has 0 saturated heterocycles. The molecule has 0 fully saturated rings. The lowest BCUT2D eigenvalue weighted by molar-refractivity contribution is -0.116. The van der Waals surface area contributed by atoms with Crippen molar-refractivity contribution in [1.29, 1.82) is 0 Å². The normalized spacial score (nSPS) is 10.4. The Morgan fingerprint density at radius 1 is 1.00 bits per heavy atom. The first-order valence-electron chi connectivity index (χ1n) is 7.84. The average molecular weight is 351 g/mol. The summed E-state index contributed by atoms with van der Waals surface area (Å²) in [6.45, 7) is 3.63. The van der Waals surface area contributed by atoms with E-state index in [-0.39, 0.29) is 18.3 Å². The molecule has 0 saturated carbocycles. The number of rotatable bonds is 5. The maximum Gasteiger partial charge on any atom is 0.243 e. The Labute approximate surface area is 149 Å². The predicted molar refractivity (Wildman–Crippen MR) is 94.9 cm³/mol. The molecule has 130 valence electrons. The van der Waals surface area contributed by atoms with E-state index in [1.54, 1.807) is 30.5 Å². The maximum absolute atomic E-state index is 13.2. The number of amides is 1. The van der Waals surface area contributed by atoms with Gasteiger partial charge in [-0.25, -0.2) is 8.78 Å². The molecular weight excluding hydrogens is 336 g/mol. The van der Waals surface area contributed by atoms with Gasteiger partial charge >= 0.3 is 0 Å². The highest BCUT2D eigenvalue weighted by molar-refractivity contribution is 5.87. The van der Waals surface area contributed by atoms with E-state index in [1.807, 2.05) is 0 Å². The van der Waals surface area contributed by atoms with Crippen LogP contribution in [0.2, 0.25) is 0 Å². The van der Waals surface area contributed by atoms with Crippen molar-refractivity contribution in [3.63, 3.8) is 0 Å². The van der Waals surface area contributed by atoms with Gasteiger partial charge < -0.3 is 5.32 Å². The first-order valence-corrected chi connectivity index (χ1v) is 7.84. The van der Waals surface area contributed by atoms with Crippen molar-refractivity contribution in [3.8, 4) is 22.5 Å². The number of benzene rings is 1. The quantitative estimate of drug-likeness (QED) is 0.710. The molecule has 2 heterocycles. The molecule has 0 aliphatic carbocycles. The van der Waals surface area contributed by atoms with Gasteiger partial charge in [0.05, 0.1) is 17.6 Å². The minimum Gasteiger partial charge on any atom is -0.348 e. The van der Waals surface area contributed by atoms with E-state index in [0.717, 1.165) is 11.8 Å². The van der Waals surface area contributed by atoms with Gasteiger partial charge in [-0.3, -0.25) is 14.8 Å². The number of aromatic nitrogens is 2. The zero-order chi connectivity index (χ0) is 18.5. The average Bonchev–Trinajstić information content (AvgIpc) is 2.67. The second kappa shape index (κ2) is 7.65. The highest BCUT2D eigenvalue weighted by Gasteiger charge is 2.11. The lowest BCUT2D eigenvalue weighted by Crippen LogP contribution is -2.20. The van der Waals surface area contributed by atoms with Crippen LogP contribution in [-0.2, 0) is 11.3 Å². The monoisotopic (exact) mass is 351 g/mol. The fraction of sp³-hybridized carbons (Fsp3) is 0.0500. The molecule has 0 radical (unpaired) electrons.